The molecule has 0 aromatic carbocycles. The number of anilines is 1. The zero-order chi connectivity index (χ0) is 21.7. The average Bonchev–Trinajstić information content (AvgIpc) is 2.91. The van der Waals surface area contributed by atoms with E-state index in [1.165, 1.54) is 31.9 Å². The Bertz CT molecular complexity index is 875. The second-order valence-corrected chi connectivity index (χ2v) is 7.84. The van der Waals surface area contributed by atoms with Crippen LogP contribution in [0.3, 0.4) is 0 Å². The third-order valence-corrected chi connectivity index (χ3v) is 5.38. The van der Waals surface area contributed by atoms with Crippen LogP contribution in [0.2, 0.25) is 0 Å². The molecule has 4 atom stereocenters. The summed E-state index contributed by atoms with van der Waals surface area (Å²) in [7, 11) is 0. The Morgan fingerprint density at radius 1 is 1.34 bits per heavy atom. The fraction of sp³-hybridized carbons (Fsp3) is 0.471. The summed E-state index contributed by atoms with van der Waals surface area (Å²) in [5.41, 5.74) is -0.209. The van der Waals surface area contributed by atoms with Gasteiger partial charge in [-0.3, -0.25) is 24.3 Å². The fourth-order valence-electron chi connectivity index (χ4n) is 2.80. The smallest absolute Gasteiger partial charge is 0.346 e. The first-order valence-electron chi connectivity index (χ1n) is 8.41. The number of carbonyl (C=O) groups excluding carboxylic acids is 3. The van der Waals surface area contributed by atoms with E-state index in [1.54, 1.807) is 10.2 Å². The molecule has 2 heterocycles. The Morgan fingerprint density at radius 3 is 2.59 bits per heavy atom. The maximum absolute atomic E-state index is 12.5. The molecule has 2 rings (SSSR count). The van der Waals surface area contributed by atoms with Crippen molar-refractivity contribution in [2.75, 3.05) is 11.5 Å². The number of hydrogen-bond acceptors (Lipinski definition) is 8. The molecule has 0 unspecified atom stereocenters. The largest absolute Gasteiger partial charge is 0.463 e. The van der Waals surface area contributed by atoms with Crippen molar-refractivity contribution >= 4 is 68.3 Å². The van der Waals surface area contributed by atoms with Crippen molar-refractivity contribution in [3.63, 3.8) is 0 Å². The lowest BCUT2D eigenvalue weighted by Crippen LogP contribution is -2.48. The topological polar surface area (TPSA) is 128 Å². The zero-order valence-corrected chi connectivity index (χ0v) is 19.5. The van der Waals surface area contributed by atoms with Crippen molar-refractivity contribution in [3.05, 3.63) is 26.3 Å². The van der Waals surface area contributed by atoms with Gasteiger partial charge in [0, 0.05) is 32.5 Å². The first-order chi connectivity index (χ1) is 13.6. The van der Waals surface area contributed by atoms with E-state index in [0.717, 1.165) is 0 Å². The van der Waals surface area contributed by atoms with Crippen molar-refractivity contribution in [2.45, 2.75) is 44.0 Å². The molecular formula is C17H19BrIN3O7. The van der Waals surface area contributed by atoms with Crippen LogP contribution in [0.4, 0.5) is 5.82 Å². The van der Waals surface area contributed by atoms with Crippen LogP contribution < -0.4 is 10.6 Å². The molecule has 1 fully saturated rings. The molecule has 0 radical (unpaired) electrons. The van der Waals surface area contributed by atoms with Gasteiger partial charge >= 0.3 is 17.6 Å². The summed E-state index contributed by atoms with van der Waals surface area (Å²) >= 11 is 5.40. The van der Waals surface area contributed by atoms with Gasteiger partial charge in [0.05, 0.1) is 4.83 Å². The van der Waals surface area contributed by atoms with E-state index >= 15 is 0 Å². The van der Waals surface area contributed by atoms with Gasteiger partial charge in [-0.05, 0) is 10.2 Å². The number of aromatic nitrogens is 2. The number of rotatable bonds is 6. The van der Waals surface area contributed by atoms with Crippen molar-refractivity contribution in [1.82, 2.24) is 9.97 Å². The van der Waals surface area contributed by atoms with Crippen LogP contribution in [-0.4, -0.2) is 57.7 Å². The van der Waals surface area contributed by atoms with Gasteiger partial charge in [0.25, 0.3) is 0 Å². The molecule has 0 aliphatic carbocycles. The highest BCUT2D eigenvalue weighted by Crippen LogP contribution is 2.35. The lowest BCUT2D eigenvalue weighted by atomic mass is 10.1. The minimum atomic E-state index is -1.08. The molecule has 1 saturated heterocycles. The molecule has 0 bridgehead atoms. The van der Waals surface area contributed by atoms with E-state index in [4.69, 9.17) is 14.2 Å². The van der Waals surface area contributed by atoms with Crippen LogP contribution in [0, 0.1) is 0 Å². The zero-order valence-electron chi connectivity index (χ0n) is 15.8. The maximum Gasteiger partial charge on any atom is 0.346 e. The van der Waals surface area contributed by atoms with Gasteiger partial charge in [-0.1, -0.05) is 38.5 Å². The van der Waals surface area contributed by atoms with Crippen molar-refractivity contribution < 1.29 is 28.6 Å². The number of amides is 1. The molecule has 1 aliphatic heterocycles. The van der Waals surface area contributed by atoms with Crippen LogP contribution in [-0.2, 0) is 28.6 Å². The molecule has 12 heteroatoms. The molecule has 0 spiro atoms. The number of nitrogens with zero attached hydrogens (tertiary/aromatic N) is 2. The normalized spacial score (nSPS) is 23.8. The fourth-order valence-corrected chi connectivity index (χ4v) is 3.84. The first kappa shape index (κ1) is 23.5. The molecule has 10 nitrogen and oxygen atoms in total. The summed E-state index contributed by atoms with van der Waals surface area (Å²) in [5.74, 6) is -1.41. The Morgan fingerprint density at radius 2 is 2.03 bits per heavy atom. The lowest BCUT2D eigenvalue weighted by molar-refractivity contribution is -0.150. The van der Waals surface area contributed by atoms with E-state index in [1.807, 2.05) is 22.6 Å². The van der Waals surface area contributed by atoms with Crippen LogP contribution in [0.5, 0.6) is 0 Å². The highest BCUT2D eigenvalue weighted by atomic mass is 127. The molecule has 29 heavy (non-hydrogen) atoms. The van der Waals surface area contributed by atoms with Crippen molar-refractivity contribution in [2.24, 2.45) is 0 Å². The van der Waals surface area contributed by atoms with Crippen LogP contribution in [0.25, 0.3) is 6.08 Å². The molecule has 1 aliphatic rings. The molecule has 1 amide bonds. The summed E-state index contributed by atoms with van der Waals surface area (Å²) in [5, 5.41) is 0. The lowest BCUT2D eigenvalue weighted by Gasteiger charge is -2.31. The number of alkyl halides is 1. The number of carbonyl (C=O) groups is 3. The Kier molecular flexibility index (Phi) is 8.34. The quantitative estimate of drug-likeness (QED) is 0.303. The molecule has 1 N–H and O–H groups in total. The maximum atomic E-state index is 12.5. The molecule has 1 aromatic rings. The van der Waals surface area contributed by atoms with Crippen molar-refractivity contribution in [1.29, 1.82) is 0 Å². The summed E-state index contributed by atoms with van der Waals surface area (Å²) < 4.78 is 18.0. The number of nitrogens with one attached hydrogen (secondary N) is 1. The number of ether oxygens (including phenoxy) is 3. The highest BCUT2D eigenvalue weighted by Gasteiger charge is 2.50. The minimum absolute atomic E-state index is 0.112. The predicted molar refractivity (Wildman–Crippen MR) is 115 cm³/mol. The average molecular weight is 584 g/mol. The van der Waals surface area contributed by atoms with E-state index in [0.29, 0.717) is 5.56 Å². The van der Waals surface area contributed by atoms with Crippen molar-refractivity contribution in [3.8, 4) is 0 Å². The first-order valence-corrected chi connectivity index (χ1v) is 10.6. The van der Waals surface area contributed by atoms with Crippen LogP contribution in [0.1, 0.15) is 26.3 Å². The van der Waals surface area contributed by atoms with E-state index in [9.17, 15) is 19.2 Å². The number of H-pyrrole nitrogens is 1. The minimum Gasteiger partial charge on any atom is -0.463 e. The number of esters is 2. The van der Waals surface area contributed by atoms with Gasteiger partial charge in [0.15, 0.2) is 12.3 Å². The Labute approximate surface area is 188 Å². The standard InChI is InChI=1S/C17H19BrIN3O7/c1-8(23)22(15-11(4-5-19)6-20-17(26)21-15)16-14(28-10(3)25)13(18)12(29-16)7-27-9(2)24/h4-6,12-14,16H,7H2,1-3H3,(H,20,21,26)/t12-,13+,14-,16-/m1/s1. The van der Waals surface area contributed by atoms with Gasteiger partial charge in [-0.2, -0.15) is 0 Å². The van der Waals surface area contributed by atoms with Gasteiger partial charge in [0.2, 0.25) is 5.91 Å². The van der Waals surface area contributed by atoms with Crippen LogP contribution in [0.15, 0.2) is 15.1 Å². The van der Waals surface area contributed by atoms with Gasteiger partial charge in [-0.15, -0.1) is 0 Å². The van der Waals surface area contributed by atoms with Gasteiger partial charge < -0.3 is 14.2 Å². The van der Waals surface area contributed by atoms with Crippen LogP contribution >= 0.6 is 38.5 Å². The summed E-state index contributed by atoms with van der Waals surface area (Å²) in [6.45, 7) is 3.66. The molecule has 158 valence electrons. The second kappa shape index (κ2) is 10.3. The Balaban J connectivity index is 2.50. The van der Waals surface area contributed by atoms with E-state index in [-0.39, 0.29) is 12.4 Å². The SMILES string of the molecule is CC(=O)OC[C@H]1O[C@@H](N(C(C)=O)c2[nH]c(=O)ncc2C=CI)[C@H](OC(C)=O)[C@H]1Br. The number of aromatic amines is 1. The third kappa shape index (κ3) is 5.85. The summed E-state index contributed by atoms with van der Waals surface area (Å²) in [6, 6.07) is 0. The monoisotopic (exact) mass is 583 g/mol. The summed E-state index contributed by atoms with van der Waals surface area (Å²) in [4.78, 5) is 54.0. The van der Waals surface area contributed by atoms with E-state index < -0.39 is 46.8 Å². The highest BCUT2D eigenvalue weighted by molar-refractivity contribution is 14.1. The van der Waals surface area contributed by atoms with Gasteiger partial charge in [0.1, 0.15) is 18.5 Å². The second-order valence-electron chi connectivity index (χ2n) is 6.06. The van der Waals surface area contributed by atoms with Gasteiger partial charge in [-0.25, -0.2) is 9.78 Å². The molecule has 0 saturated carbocycles. The summed E-state index contributed by atoms with van der Waals surface area (Å²) in [6.07, 6.45) is 0.252. The third-order valence-electron chi connectivity index (χ3n) is 3.91. The Hall–Kier alpha value is -1.80. The molecule has 1 aromatic heterocycles. The number of halogens is 2. The number of hydrogen-bond donors (Lipinski definition) is 1. The molecular weight excluding hydrogens is 565 g/mol. The predicted octanol–water partition coefficient (Wildman–Crippen LogP) is 1.51. The van der Waals surface area contributed by atoms with E-state index in [2.05, 4.69) is 25.9 Å².